The fourth-order valence-electron chi connectivity index (χ4n) is 6.79. The quantitative estimate of drug-likeness (QED) is 0.132. The molecule has 0 nitrogen and oxygen atoms in total. The monoisotopic (exact) mass is 838 g/mol. The van der Waals surface area contributed by atoms with Gasteiger partial charge in [-0.1, -0.05) is 60.6 Å². The van der Waals surface area contributed by atoms with Gasteiger partial charge in [0.15, 0.2) is 0 Å². The van der Waals surface area contributed by atoms with E-state index < -0.39 is 39.5 Å². The molecule has 1 aliphatic rings. The van der Waals surface area contributed by atoms with Crippen LogP contribution in [-0.2, 0) is 5.41 Å². The summed E-state index contributed by atoms with van der Waals surface area (Å²) in [6, 6.07) is 14.0. The zero-order chi connectivity index (χ0) is 32.1. The first-order valence-corrected chi connectivity index (χ1v) is 34.9. The van der Waals surface area contributed by atoms with Gasteiger partial charge in [-0.2, -0.15) is 0 Å². The predicted molar refractivity (Wildman–Crippen MR) is 216 cm³/mol. The van der Waals surface area contributed by atoms with E-state index in [-0.39, 0.29) is 5.41 Å². The number of rotatable bonds is 18. The molecule has 3 rings (SSSR count). The summed E-state index contributed by atoms with van der Waals surface area (Å²) in [7, 11) is 2.28. The summed E-state index contributed by atoms with van der Waals surface area (Å²) >= 11 is -1.93. The van der Waals surface area contributed by atoms with E-state index in [1.54, 1.807) is 26.6 Å². The molecule has 246 valence electrons. The molecular weight excluding hydrogens is 762 g/mol. The fourth-order valence-corrected chi connectivity index (χ4v) is 29.5. The summed E-state index contributed by atoms with van der Waals surface area (Å²) in [5, 5.41) is 2.99. The standard InChI is InChI=1S/C15H18Si2.6C4H9.2Sn.2H/c1-15(2)13-7-9(16)3-5-11(13)12-6-4-10(17)8-14(12)15;6*1-3-4-2;;;;/h3-8H,1-2,16-17H3;6*1,3-4H2,2H3;;;;. The molecule has 0 spiro atoms. The Kier molecular flexibility index (Phi) is 23.8. The number of benzene rings is 2. The van der Waals surface area contributed by atoms with Crippen molar-refractivity contribution in [3.05, 3.63) is 47.5 Å². The van der Waals surface area contributed by atoms with Crippen molar-refractivity contribution in [2.45, 2.75) is 164 Å². The third kappa shape index (κ3) is 15.7. The first kappa shape index (κ1) is 41.5. The van der Waals surface area contributed by atoms with Crippen molar-refractivity contribution in [1.29, 1.82) is 0 Å². The molecule has 0 bridgehead atoms. The second-order valence-corrected chi connectivity index (χ2v) is 36.4. The molecule has 0 N–H and O–H groups in total. The van der Waals surface area contributed by atoms with Crippen LogP contribution in [0.15, 0.2) is 36.4 Å². The predicted octanol–water partition coefficient (Wildman–Crippen LogP) is 9.20. The van der Waals surface area contributed by atoms with Crippen LogP contribution in [-0.4, -0.2) is 60.0 Å². The molecule has 4 heteroatoms. The molecule has 0 heterocycles. The van der Waals surface area contributed by atoms with Gasteiger partial charge in [-0.05, 0) is 22.3 Å². The molecule has 0 amide bonds. The molecular formula is C39H74Si2Sn2. The average molecular weight is 837 g/mol. The van der Waals surface area contributed by atoms with Gasteiger partial charge in [-0.15, -0.1) is 0 Å². The zero-order valence-corrected chi connectivity index (χ0v) is 41.4. The van der Waals surface area contributed by atoms with Crippen molar-refractivity contribution >= 4 is 70.4 Å². The van der Waals surface area contributed by atoms with Crippen molar-refractivity contribution in [3.63, 3.8) is 0 Å². The first-order chi connectivity index (χ1) is 20.7. The summed E-state index contributed by atoms with van der Waals surface area (Å²) in [4.78, 5) is 0. The number of fused-ring (bicyclic) bond motifs is 3. The molecule has 2 aromatic rings. The first-order valence-electron chi connectivity index (χ1n) is 18.9. The summed E-state index contributed by atoms with van der Waals surface area (Å²) < 4.78 is 10.2. The third-order valence-electron chi connectivity index (χ3n) is 9.78. The SMILES string of the molecule is CC1(C)c2cc([SiH3])ccc2-c2ccc([SiH3])cc21.CCC[CH2][SnH]([CH2]CCC)[CH2]CCC.CCC[CH2][SnH]([CH2]CCC)[CH2]CCC. The van der Waals surface area contributed by atoms with E-state index >= 15 is 0 Å². The van der Waals surface area contributed by atoms with Crippen molar-refractivity contribution in [2.75, 3.05) is 0 Å². The van der Waals surface area contributed by atoms with Crippen LogP contribution < -0.4 is 10.4 Å². The molecule has 0 unspecified atom stereocenters. The molecule has 0 saturated carbocycles. The van der Waals surface area contributed by atoms with E-state index in [0.29, 0.717) is 0 Å². The van der Waals surface area contributed by atoms with E-state index in [4.69, 9.17) is 0 Å². The van der Waals surface area contributed by atoms with Gasteiger partial charge in [0.1, 0.15) is 0 Å². The zero-order valence-electron chi connectivity index (χ0n) is 30.8. The van der Waals surface area contributed by atoms with Crippen LogP contribution in [0.2, 0.25) is 26.6 Å². The van der Waals surface area contributed by atoms with Gasteiger partial charge in [-0.25, -0.2) is 0 Å². The van der Waals surface area contributed by atoms with Crippen molar-refractivity contribution in [1.82, 2.24) is 0 Å². The van der Waals surface area contributed by atoms with Crippen LogP contribution in [0.5, 0.6) is 0 Å². The second-order valence-electron chi connectivity index (χ2n) is 14.3. The topological polar surface area (TPSA) is 0 Å². The van der Waals surface area contributed by atoms with Crippen molar-refractivity contribution in [3.8, 4) is 11.1 Å². The number of hydrogen-bond acceptors (Lipinski definition) is 0. The molecule has 0 fully saturated rings. The fraction of sp³-hybridized carbons (Fsp3) is 0.692. The third-order valence-corrected chi connectivity index (χ3v) is 32.0. The number of unbranched alkanes of at least 4 members (excludes halogenated alkanes) is 6. The van der Waals surface area contributed by atoms with E-state index in [1.807, 2.05) is 0 Å². The van der Waals surface area contributed by atoms with Gasteiger partial charge in [0, 0.05) is 25.9 Å². The maximum atomic E-state index is 2.41. The van der Waals surface area contributed by atoms with Gasteiger partial charge in [0.2, 0.25) is 0 Å². The summed E-state index contributed by atoms with van der Waals surface area (Å²) in [6.45, 7) is 18.7. The Hall–Kier alpha value is 0.471. The van der Waals surface area contributed by atoms with Crippen molar-refractivity contribution < 1.29 is 0 Å². The molecule has 43 heavy (non-hydrogen) atoms. The van der Waals surface area contributed by atoms with Crippen LogP contribution in [0.4, 0.5) is 0 Å². The summed E-state index contributed by atoms with van der Waals surface area (Å²) in [6.07, 6.45) is 17.7. The van der Waals surface area contributed by atoms with E-state index in [0.717, 1.165) is 20.5 Å². The van der Waals surface area contributed by atoms with Crippen LogP contribution in [0.1, 0.15) is 144 Å². The van der Waals surface area contributed by atoms with Crippen LogP contribution in [0.25, 0.3) is 11.1 Å². The Morgan fingerprint density at radius 2 is 0.721 bits per heavy atom. The van der Waals surface area contributed by atoms with E-state index in [2.05, 4.69) is 91.8 Å². The Bertz CT molecular complexity index is 872. The number of hydrogen-bond donors (Lipinski definition) is 0. The van der Waals surface area contributed by atoms with Gasteiger partial charge in [-0.3, -0.25) is 0 Å². The summed E-state index contributed by atoms with van der Waals surface area (Å²) in [5.74, 6) is 0. The van der Waals surface area contributed by atoms with Gasteiger partial charge < -0.3 is 0 Å². The van der Waals surface area contributed by atoms with Crippen LogP contribution in [0, 0.1) is 0 Å². The molecule has 2 aromatic carbocycles. The summed E-state index contributed by atoms with van der Waals surface area (Å²) in [5.41, 5.74) is 6.13. The van der Waals surface area contributed by atoms with Crippen LogP contribution >= 0.6 is 0 Å². The minimum absolute atomic E-state index is 0.186. The van der Waals surface area contributed by atoms with Gasteiger partial charge in [0.05, 0.1) is 0 Å². The minimum atomic E-state index is -0.967. The van der Waals surface area contributed by atoms with Crippen LogP contribution in [0.3, 0.4) is 0 Å². The Morgan fingerprint density at radius 3 is 0.953 bits per heavy atom. The maximum absolute atomic E-state index is 2.41. The molecule has 0 atom stereocenters. The Labute approximate surface area is 291 Å². The second kappa shape index (κ2) is 24.6. The van der Waals surface area contributed by atoms with E-state index in [9.17, 15) is 0 Å². The van der Waals surface area contributed by atoms with Gasteiger partial charge >= 0.3 is 185 Å². The van der Waals surface area contributed by atoms with Crippen molar-refractivity contribution in [2.24, 2.45) is 0 Å². The normalized spacial score (nSPS) is 13.0. The molecule has 0 aromatic heterocycles. The Morgan fingerprint density at radius 1 is 0.465 bits per heavy atom. The van der Waals surface area contributed by atoms with E-state index in [1.165, 1.54) is 110 Å². The molecule has 1 aliphatic carbocycles. The molecule has 0 aliphatic heterocycles. The molecule has 0 saturated heterocycles. The van der Waals surface area contributed by atoms with Gasteiger partial charge in [0.25, 0.3) is 0 Å². The Balaban J connectivity index is 0.000000329. The average Bonchev–Trinajstić information content (AvgIpc) is 3.22. The molecule has 0 radical (unpaired) electrons.